The van der Waals surface area contributed by atoms with Gasteiger partial charge in [0.15, 0.2) is 5.65 Å². The molecule has 0 radical (unpaired) electrons. The Morgan fingerprint density at radius 3 is 2.41 bits per heavy atom. The number of hydrogen-bond donors (Lipinski definition) is 1. The van der Waals surface area contributed by atoms with Crippen molar-refractivity contribution in [1.82, 2.24) is 15.0 Å². The molecule has 0 fully saturated rings. The minimum absolute atomic E-state index is 0.394. The zero-order valence-electron chi connectivity index (χ0n) is 16.3. The van der Waals surface area contributed by atoms with Crippen LogP contribution in [0.4, 0.5) is 11.5 Å². The van der Waals surface area contributed by atoms with Crippen LogP contribution in [0.3, 0.4) is 0 Å². The van der Waals surface area contributed by atoms with Gasteiger partial charge in [0.1, 0.15) is 17.9 Å². The number of halogens is 1. The van der Waals surface area contributed by atoms with Crippen molar-refractivity contribution < 1.29 is 4.74 Å². The molecule has 29 heavy (non-hydrogen) atoms. The largest absolute Gasteiger partial charge is 0.497 e. The van der Waals surface area contributed by atoms with E-state index in [1.165, 1.54) is 6.33 Å². The Kier molecular flexibility index (Phi) is 5.07. The van der Waals surface area contributed by atoms with Crippen molar-refractivity contribution in [3.63, 3.8) is 0 Å². The molecule has 0 bridgehead atoms. The van der Waals surface area contributed by atoms with Gasteiger partial charge in [-0.05, 0) is 47.5 Å². The van der Waals surface area contributed by atoms with Crippen molar-refractivity contribution in [2.24, 2.45) is 0 Å². The van der Waals surface area contributed by atoms with E-state index in [0.29, 0.717) is 11.5 Å². The third kappa shape index (κ3) is 3.73. The van der Waals surface area contributed by atoms with Crippen LogP contribution in [0, 0.1) is 0 Å². The number of pyridine rings is 1. The molecule has 2 N–H and O–H groups in total. The van der Waals surface area contributed by atoms with E-state index < -0.39 is 0 Å². The van der Waals surface area contributed by atoms with Gasteiger partial charge in [-0.1, -0.05) is 28.1 Å². The number of rotatable bonds is 4. The third-order valence-corrected chi connectivity index (χ3v) is 5.19. The van der Waals surface area contributed by atoms with Crippen LogP contribution in [0.1, 0.15) is 0 Å². The van der Waals surface area contributed by atoms with E-state index in [2.05, 4.69) is 55.1 Å². The summed E-state index contributed by atoms with van der Waals surface area (Å²) in [5.74, 6) is 1.14. The predicted octanol–water partition coefficient (Wildman–Crippen LogP) is 4.78. The van der Waals surface area contributed by atoms with Gasteiger partial charge >= 0.3 is 0 Å². The number of anilines is 2. The van der Waals surface area contributed by atoms with Gasteiger partial charge in [-0.2, -0.15) is 0 Å². The molecule has 0 saturated heterocycles. The van der Waals surface area contributed by atoms with Gasteiger partial charge in [-0.3, -0.25) is 0 Å². The highest BCUT2D eigenvalue weighted by atomic mass is 79.9. The van der Waals surface area contributed by atoms with E-state index in [9.17, 15) is 0 Å². The highest BCUT2D eigenvalue weighted by molar-refractivity contribution is 9.10. The van der Waals surface area contributed by atoms with Gasteiger partial charge in [0, 0.05) is 29.8 Å². The molecule has 0 aliphatic heterocycles. The quantitative estimate of drug-likeness (QED) is 0.482. The zero-order valence-corrected chi connectivity index (χ0v) is 17.9. The first kappa shape index (κ1) is 19.1. The van der Waals surface area contributed by atoms with Crippen LogP contribution in [0.25, 0.3) is 33.4 Å². The van der Waals surface area contributed by atoms with Crippen molar-refractivity contribution in [3.05, 3.63) is 59.3 Å². The molecule has 146 valence electrons. The Balaban J connectivity index is 1.96. The molecule has 0 unspecified atom stereocenters. The zero-order chi connectivity index (χ0) is 20.5. The summed E-state index contributed by atoms with van der Waals surface area (Å²) in [7, 11) is 5.68. The molecule has 7 heteroatoms. The van der Waals surface area contributed by atoms with Crippen molar-refractivity contribution >= 4 is 38.5 Å². The summed E-state index contributed by atoms with van der Waals surface area (Å²) in [5, 5.41) is 0.723. The fourth-order valence-corrected chi connectivity index (χ4v) is 3.70. The summed E-state index contributed by atoms with van der Waals surface area (Å²) in [4.78, 5) is 15.3. The lowest BCUT2D eigenvalue weighted by Crippen LogP contribution is -2.08. The molecule has 4 aromatic rings. The molecule has 2 aromatic carbocycles. The van der Waals surface area contributed by atoms with E-state index in [1.807, 2.05) is 38.4 Å². The Morgan fingerprint density at radius 1 is 0.966 bits per heavy atom. The maximum Gasteiger partial charge on any atom is 0.165 e. The molecule has 0 atom stereocenters. The van der Waals surface area contributed by atoms with E-state index in [1.54, 1.807) is 7.11 Å². The van der Waals surface area contributed by atoms with E-state index in [0.717, 1.165) is 43.7 Å². The first-order chi connectivity index (χ1) is 14.0. The second-order valence-corrected chi connectivity index (χ2v) is 7.75. The lowest BCUT2D eigenvalue weighted by Gasteiger charge is -2.14. The van der Waals surface area contributed by atoms with Crippen molar-refractivity contribution in [2.45, 2.75) is 0 Å². The first-order valence-corrected chi connectivity index (χ1v) is 9.79. The van der Waals surface area contributed by atoms with Crippen molar-refractivity contribution in [2.75, 3.05) is 31.8 Å². The molecule has 2 heterocycles. The summed E-state index contributed by atoms with van der Waals surface area (Å²) >= 11 is 3.56. The average Bonchev–Trinajstić information content (AvgIpc) is 2.72. The smallest absolute Gasteiger partial charge is 0.165 e. The lowest BCUT2D eigenvalue weighted by molar-refractivity contribution is 0.414. The number of methoxy groups -OCH3 is 1. The van der Waals surface area contributed by atoms with Crippen molar-refractivity contribution in [3.8, 4) is 28.1 Å². The van der Waals surface area contributed by atoms with Gasteiger partial charge in [0.25, 0.3) is 0 Å². The predicted molar refractivity (Wildman–Crippen MR) is 121 cm³/mol. The van der Waals surface area contributed by atoms with Gasteiger partial charge in [-0.25, -0.2) is 15.0 Å². The van der Waals surface area contributed by atoms with Crippen LogP contribution in [-0.4, -0.2) is 36.2 Å². The Hall–Kier alpha value is -3.19. The number of nitrogens with zero attached hydrogens (tertiary/aromatic N) is 4. The molecule has 0 amide bonds. The molecular weight excluding hydrogens is 430 g/mol. The standard InChI is InChI=1S/C22H20BrN5O/c1-28(2)16-6-4-13(5-7-16)19-11-18(14-8-15(23)10-17(9-14)29-3)20-21(24)25-12-26-22(20)27-19/h4-12H,1-3H3,(H2,24,25,26,27). The number of ether oxygens (including phenoxy) is 1. The molecule has 4 rings (SSSR count). The molecular formula is C22H20BrN5O. The van der Waals surface area contributed by atoms with Crippen LogP contribution in [0.15, 0.2) is 59.3 Å². The highest BCUT2D eigenvalue weighted by Gasteiger charge is 2.15. The maximum absolute atomic E-state index is 6.21. The summed E-state index contributed by atoms with van der Waals surface area (Å²) in [6.07, 6.45) is 1.44. The van der Waals surface area contributed by atoms with E-state index in [-0.39, 0.29) is 0 Å². The minimum atomic E-state index is 0.394. The minimum Gasteiger partial charge on any atom is -0.497 e. The number of hydrogen-bond acceptors (Lipinski definition) is 6. The van der Waals surface area contributed by atoms with Gasteiger partial charge in [0.2, 0.25) is 0 Å². The number of nitrogens with two attached hydrogens (primary N) is 1. The SMILES string of the molecule is COc1cc(Br)cc(-c2cc(-c3ccc(N(C)C)cc3)nc3ncnc(N)c23)c1. The van der Waals surface area contributed by atoms with Gasteiger partial charge < -0.3 is 15.4 Å². The molecule has 0 aliphatic rings. The molecule has 2 aromatic heterocycles. The number of aromatic nitrogens is 3. The van der Waals surface area contributed by atoms with Crippen LogP contribution < -0.4 is 15.4 Å². The van der Waals surface area contributed by atoms with Crippen LogP contribution >= 0.6 is 15.9 Å². The normalized spacial score (nSPS) is 10.9. The summed E-state index contributed by atoms with van der Waals surface area (Å²) in [6, 6.07) is 16.2. The Bertz CT molecular complexity index is 1190. The first-order valence-electron chi connectivity index (χ1n) is 9.00. The van der Waals surface area contributed by atoms with E-state index >= 15 is 0 Å². The topological polar surface area (TPSA) is 77.2 Å². The summed E-state index contributed by atoms with van der Waals surface area (Å²) in [6.45, 7) is 0. The summed E-state index contributed by atoms with van der Waals surface area (Å²) in [5.41, 5.74) is 11.5. The highest BCUT2D eigenvalue weighted by Crippen LogP contribution is 2.36. The Labute approximate surface area is 177 Å². The van der Waals surface area contributed by atoms with Crippen molar-refractivity contribution in [1.29, 1.82) is 0 Å². The average molecular weight is 450 g/mol. The lowest BCUT2D eigenvalue weighted by atomic mass is 9.99. The van der Waals surface area contributed by atoms with Crippen LogP contribution in [0.5, 0.6) is 5.75 Å². The number of nitrogen functional groups attached to an aromatic ring is 1. The summed E-state index contributed by atoms with van der Waals surface area (Å²) < 4.78 is 6.34. The number of fused-ring (bicyclic) bond motifs is 1. The van der Waals surface area contributed by atoms with Gasteiger partial charge in [-0.15, -0.1) is 0 Å². The van der Waals surface area contributed by atoms with E-state index in [4.69, 9.17) is 15.5 Å². The second-order valence-electron chi connectivity index (χ2n) is 6.83. The third-order valence-electron chi connectivity index (χ3n) is 4.73. The van der Waals surface area contributed by atoms with Gasteiger partial charge in [0.05, 0.1) is 18.2 Å². The molecule has 0 saturated carbocycles. The number of benzene rings is 2. The maximum atomic E-state index is 6.21. The second kappa shape index (κ2) is 7.67. The molecule has 0 aliphatic carbocycles. The monoisotopic (exact) mass is 449 g/mol. The fourth-order valence-electron chi connectivity index (χ4n) is 3.23. The molecule has 6 nitrogen and oxygen atoms in total. The molecule has 0 spiro atoms. The van der Waals surface area contributed by atoms with Crippen LogP contribution in [0.2, 0.25) is 0 Å². The van der Waals surface area contributed by atoms with Crippen LogP contribution in [-0.2, 0) is 0 Å². The Morgan fingerprint density at radius 2 is 1.72 bits per heavy atom. The fraction of sp³-hybridized carbons (Fsp3) is 0.136.